The summed E-state index contributed by atoms with van der Waals surface area (Å²) >= 11 is 0. The Hall–Kier alpha value is -1.56. The Labute approximate surface area is 115 Å². The molecular formula is C14H17F3N2O. The van der Waals surface area contributed by atoms with E-state index in [1.807, 2.05) is 13.8 Å². The van der Waals surface area contributed by atoms with Gasteiger partial charge in [0.05, 0.1) is 5.56 Å². The smallest absolute Gasteiger partial charge is 0.336 e. The molecule has 1 aliphatic rings. The summed E-state index contributed by atoms with van der Waals surface area (Å²) in [6.07, 6.45) is -4.38. The summed E-state index contributed by atoms with van der Waals surface area (Å²) in [5.41, 5.74) is -0.449. The third-order valence-electron chi connectivity index (χ3n) is 3.30. The number of nitrogens with one attached hydrogen (secondary N) is 1. The van der Waals surface area contributed by atoms with Crippen LogP contribution in [0.3, 0.4) is 0 Å². The van der Waals surface area contributed by atoms with Crippen molar-refractivity contribution in [1.82, 2.24) is 10.2 Å². The summed E-state index contributed by atoms with van der Waals surface area (Å²) in [7, 11) is 0. The molecule has 0 bridgehead atoms. The van der Waals surface area contributed by atoms with Crippen LogP contribution in [0.2, 0.25) is 0 Å². The van der Waals surface area contributed by atoms with Crippen molar-refractivity contribution >= 4 is 5.91 Å². The molecule has 2 unspecified atom stereocenters. The summed E-state index contributed by atoms with van der Waals surface area (Å²) in [4.78, 5) is 13.9. The van der Waals surface area contributed by atoms with Crippen molar-refractivity contribution in [3.63, 3.8) is 0 Å². The lowest BCUT2D eigenvalue weighted by Gasteiger charge is -2.36. The van der Waals surface area contributed by atoms with Crippen molar-refractivity contribution < 1.29 is 18.0 Å². The van der Waals surface area contributed by atoms with Crippen molar-refractivity contribution in [3.8, 4) is 0 Å². The van der Waals surface area contributed by atoms with Crippen molar-refractivity contribution in [2.75, 3.05) is 13.1 Å². The number of halogens is 3. The van der Waals surface area contributed by atoms with Gasteiger partial charge in [-0.3, -0.25) is 4.79 Å². The largest absolute Gasteiger partial charge is 0.416 e. The van der Waals surface area contributed by atoms with Gasteiger partial charge in [0.2, 0.25) is 0 Å². The number of alkyl halides is 3. The molecule has 1 aromatic carbocycles. The molecule has 1 amide bonds. The highest BCUT2D eigenvalue weighted by molar-refractivity contribution is 5.94. The van der Waals surface area contributed by atoms with Crippen molar-refractivity contribution in [2.24, 2.45) is 0 Å². The lowest BCUT2D eigenvalue weighted by atomic mass is 10.1. The van der Waals surface area contributed by atoms with Crippen LogP contribution in [-0.4, -0.2) is 36.0 Å². The zero-order chi connectivity index (χ0) is 14.9. The normalized spacial score (nSPS) is 23.8. The van der Waals surface area contributed by atoms with E-state index in [0.29, 0.717) is 18.7 Å². The fraction of sp³-hybridized carbons (Fsp3) is 0.500. The number of benzene rings is 1. The van der Waals surface area contributed by atoms with Crippen LogP contribution >= 0.6 is 0 Å². The zero-order valence-corrected chi connectivity index (χ0v) is 11.4. The molecule has 1 aliphatic heterocycles. The second-order valence-electron chi connectivity index (χ2n) is 5.25. The summed E-state index contributed by atoms with van der Waals surface area (Å²) in [6, 6.07) is 4.73. The predicted molar refractivity (Wildman–Crippen MR) is 69.4 cm³/mol. The van der Waals surface area contributed by atoms with E-state index in [-0.39, 0.29) is 18.0 Å². The molecule has 1 fully saturated rings. The fourth-order valence-corrected chi connectivity index (χ4v) is 2.48. The maximum Gasteiger partial charge on any atom is 0.416 e. The van der Waals surface area contributed by atoms with Gasteiger partial charge in [-0.1, -0.05) is 0 Å². The van der Waals surface area contributed by atoms with E-state index in [9.17, 15) is 18.0 Å². The van der Waals surface area contributed by atoms with Crippen LogP contribution in [0.25, 0.3) is 0 Å². The molecule has 0 radical (unpaired) electrons. The van der Waals surface area contributed by atoms with Gasteiger partial charge in [0.15, 0.2) is 0 Å². The highest BCUT2D eigenvalue weighted by Crippen LogP contribution is 2.29. The van der Waals surface area contributed by atoms with Gasteiger partial charge in [-0.2, -0.15) is 13.2 Å². The molecule has 2 atom stereocenters. The van der Waals surface area contributed by atoms with E-state index >= 15 is 0 Å². The number of amides is 1. The first-order valence-corrected chi connectivity index (χ1v) is 6.50. The van der Waals surface area contributed by atoms with Crippen LogP contribution in [0.4, 0.5) is 13.2 Å². The number of nitrogens with zero attached hydrogens (tertiary/aromatic N) is 1. The first-order chi connectivity index (χ1) is 9.27. The molecule has 0 spiro atoms. The first-order valence-electron chi connectivity index (χ1n) is 6.50. The van der Waals surface area contributed by atoms with Crippen LogP contribution in [0, 0.1) is 0 Å². The number of hydrogen-bond acceptors (Lipinski definition) is 2. The summed E-state index contributed by atoms with van der Waals surface area (Å²) in [5, 5.41) is 3.30. The molecule has 6 heteroatoms. The second-order valence-corrected chi connectivity index (χ2v) is 5.25. The van der Waals surface area contributed by atoms with Crippen LogP contribution in [-0.2, 0) is 6.18 Å². The molecule has 110 valence electrons. The van der Waals surface area contributed by atoms with Gasteiger partial charge >= 0.3 is 6.18 Å². The standard InChI is InChI=1S/C14H17F3N2O/c1-9-7-19(8-10(2)18-9)13(20)11-3-5-12(6-4-11)14(15,16)17/h3-6,9-10,18H,7-8H2,1-2H3. The molecule has 1 aromatic rings. The number of carbonyl (C=O) groups is 1. The quantitative estimate of drug-likeness (QED) is 0.860. The van der Waals surface area contributed by atoms with Crippen molar-refractivity contribution in [3.05, 3.63) is 35.4 Å². The molecule has 1 N–H and O–H groups in total. The number of hydrogen-bond donors (Lipinski definition) is 1. The van der Waals surface area contributed by atoms with Gasteiger partial charge in [-0.25, -0.2) is 0 Å². The van der Waals surface area contributed by atoms with Gasteiger partial charge in [-0.15, -0.1) is 0 Å². The Kier molecular flexibility index (Phi) is 4.04. The minimum Gasteiger partial charge on any atom is -0.336 e. The highest BCUT2D eigenvalue weighted by atomic mass is 19.4. The third kappa shape index (κ3) is 3.30. The Bertz CT molecular complexity index is 474. The monoisotopic (exact) mass is 286 g/mol. The topological polar surface area (TPSA) is 32.3 Å². The van der Waals surface area contributed by atoms with Crippen LogP contribution in [0.5, 0.6) is 0 Å². The Balaban J connectivity index is 2.13. The predicted octanol–water partition coefficient (Wildman–Crippen LogP) is 2.53. The average Bonchev–Trinajstić information content (AvgIpc) is 2.36. The van der Waals surface area contributed by atoms with E-state index in [1.165, 1.54) is 12.1 Å². The minimum atomic E-state index is -4.38. The molecule has 3 nitrogen and oxygen atoms in total. The third-order valence-corrected chi connectivity index (χ3v) is 3.30. The van der Waals surface area contributed by atoms with Crippen LogP contribution in [0.1, 0.15) is 29.8 Å². The molecule has 20 heavy (non-hydrogen) atoms. The van der Waals surface area contributed by atoms with Gasteiger partial charge in [-0.05, 0) is 38.1 Å². The molecule has 2 rings (SSSR count). The summed E-state index contributed by atoms with van der Waals surface area (Å²) in [5.74, 6) is -0.223. The van der Waals surface area contributed by atoms with E-state index in [2.05, 4.69) is 5.32 Å². The number of piperazine rings is 1. The van der Waals surface area contributed by atoms with E-state index in [4.69, 9.17) is 0 Å². The Morgan fingerprint density at radius 3 is 2.10 bits per heavy atom. The number of rotatable bonds is 1. The van der Waals surface area contributed by atoms with Crippen LogP contribution < -0.4 is 5.32 Å². The molecular weight excluding hydrogens is 269 g/mol. The van der Waals surface area contributed by atoms with Crippen LogP contribution in [0.15, 0.2) is 24.3 Å². The second kappa shape index (κ2) is 5.44. The van der Waals surface area contributed by atoms with Crippen molar-refractivity contribution in [1.29, 1.82) is 0 Å². The number of carbonyl (C=O) groups excluding carboxylic acids is 1. The van der Waals surface area contributed by atoms with Gasteiger partial charge in [0, 0.05) is 30.7 Å². The first kappa shape index (κ1) is 14.8. The molecule has 1 saturated heterocycles. The average molecular weight is 286 g/mol. The SMILES string of the molecule is CC1CN(C(=O)c2ccc(C(F)(F)F)cc2)CC(C)N1. The molecule has 0 saturated carbocycles. The maximum absolute atomic E-state index is 12.5. The van der Waals surface area contributed by atoms with Gasteiger partial charge < -0.3 is 10.2 Å². The highest BCUT2D eigenvalue weighted by Gasteiger charge is 2.31. The molecule has 0 aliphatic carbocycles. The van der Waals surface area contributed by atoms with Gasteiger partial charge in [0.25, 0.3) is 5.91 Å². The molecule has 0 aromatic heterocycles. The minimum absolute atomic E-state index is 0.178. The lowest BCUT2D eigenvalue weighted by Crippen LogP contribution is -2.55. The maximum atomic E-state index is 12.5. The van der Waals surface area contributed by atoms with E-state index in [0.717, 1.165) is 12.1 Å². The fourth-order valence-electron chi connectivity index (χ4n) is 2.48. The Morgan fingerprint density at radius 1 is 1.15 bits per heavy atom. The summed E-state index contributed by atoms with van der Waals surface area (Å²) in [6.45, 7) is 5.07. The lowest BCUT2D eigenvalue weighted by molar-refractivity contribution is -0.137. The molecule has 1 heterocycles. The van der Waals surface area contributed by atoms with E-state index in [1.54, 1.807) is 4.90 Å². The summed E-state index contributed by atoms with van der Waals surface area (Å²) < 4.78 is 37.4. The van der Waals surface area contributed by atoms with Crippen molar-refractivity contribution in [2.45, 2.75) is 32.1 Å². The van der Waals surface area contributed by atoms with E-state index < -0.39 is 11.7 Å². The Morgan fingerprint density at radius 2 is 1.65 bits per heavy atom. The zero-order valence-electron chi connectivity index (χ0n) is 11.4. The van der Waals surface area contributed by atoms with Gasteiger partial charge in [0.1, 0.15) is 0 Å².